The number of unbranched alkanes of at least 4 members (excludes halogenated alkanes) is 1. The van der Waals surface area contributed by atoms with Crippen molar-refractivity contribution in [3.05, 3.63) is 29.3 Å². The summed E-state index contributed by atoms with van der Waals surface area (Å²) in [5, 5.41) is 3.42. The van der Waals surface area contributed by atoms with Gasteiger partial charge in [0.1, 0.15) is 5.75 Å². The second kappa shape index (κ2) is 8.31. The van der Waals surface area contributed by atoms with E-state index in [1.54, 1.807) is 0 Å². The van der Waals surface area contributed by atoms with E-state index >= 15 is 0 Å². The SMILES string of the molecule is CCCNCCCCOc1ccc(C)cc1C(C)(C)C. The van der Waals surface area contributed by atoms with Gasteiger partial charge in [-0.2, -0.15) is 0 Å². The molecule has 0 heterocycles. The van der Waals surface area contributed by atoms with E-state index in [9.17, 15) is 0 Å². The van der Waals surface area contributed by atoms with Gasteiger partial charge in [0.2, 0.25) is 0 Å². The zero-order valence-corrected chi connectivity index (χ0v) is 13.9. The van der Waals surface area contributed by atoms with Crippen molar-refractivity contribution in [2.45, 2.75) is 59.3 Å². The molecule has 0 bridgehead atoms. The molecule has 1 rings (SSSR count). The first-order valence-electron chi connectivity index (χ1n) is 7.90. The molecule has 0 saturated heterocycles. The lowest BCUT2D eigenvalue weighted by Gasteiger charge is -2.23. The van der Waals surface area contributed by atoms with Gasteiger partial charge in [0, 0.05) is 0 Å². The molecule has 1 N–H and O–H groups in total. The van der Waals surface area contributed by atoms with Gasteiger partial charge >= 0.3 is 0 Å². The van der Waals surface area contributed by atoms with Gasteiger partial charge < -0.3 is 10.1 Å². The molecule has 0 aromatic heterocycles. The first-order chi connectivity index (χ1) is 9.45. The van der Waals surface area contributed by atoms with Gasteiger partial charge in [0.15, 0.2) is 0 Å². The molecular weight excluding hydrogens is 246 g/mol. The summed E-state index contributed by atoms with van der Waals surface area (Å²) >= 11 is 0. The minimum Gasteiger partial charge on any atom is -0.493 e. The summed E-state index contributed by atoms with van der Waals surface area (Å²) in [5.41, 5.74) is 2.73. The lowest BCUT2D eigenvalue weighted by Crippen LogP contribution is -2.17. The maximum absolute atomic E-state index is 6.00. The summed E-state index contributed by atoms with van der Waals surface area (Å²) in [6.45, 7) is 14.1. The van der Waals surface area contributed by atoms with Crippen LogP contribution in [0.25, 0.3) is 0 Å². The van der Waals surface area contributed by atoms with Crippen LogP contribution in [0.2, 0.25) is 0 Å². The van der Waals surface area contributed by atoms with Crippen LogP contribution in [0.5, 0.6) is 5.75 Å². The summed E-state index contributed by atoms with van der Waals surface area (Å²) in [7, 11) is 0. The van der Waals surface area contributed by atoms with Crippen molar-refractivity contribution in [1.29, 1.82) is 0 Å². The molecule has 0 aliphatic heterocycles. The van der Waals surface area contributed by atoms with Crippen molar-refractivity contribution < 1.29 is 4.74 Å². The van der Waals surface area contributed by atoms with E-state index < -0.39 is 0 Å². The third-order valence-electron chi connectivity index (χ3n) is 3.38. The Kier molecular flexibility index (Phi) is 7.08. The Labute approximate surface area is 124 Å². The second-order valence-electron chi connectivity index (χ2n) is 6.56. The van der Waals surface area contributed by atoms with Crippen LogP contribution in [-0.4, -0.2) is 19.7 Å². The Morgan fingerprint density at radius 2 is 1.85 bits per heavy atom. The van der Waals surface area contributed by atoms with Crippen molar-refractivity contribution in [2.75, 3.05) is 19.7 Å². The third-order valence-corrected chi connectivity index (χ3v) is 3.38. The fraction of sp³-hybridized carbons (Fsp3) is 0.667. The number of ether oxygens (including phenoxy) is 1. The topological polar surface area (TPSA) is 21.3 Å². The van der Waals surface area contributed by atoms with Crippen LogP contribution in [0.1, 0.15) is 58.1 Å². The van der Waals surface area contributed by atoms with Crippen LogP contribution in [0.3, 0.4) is 0 Å². The predicted molar refractivity (Wildman–Crippen MR) is 87.8 cm³/mol. The van der Waals surface area contributed by atoms with Gasteiger partial charge in [-0.1, -0.05) is 45.4 Å². The average molecular weight is 277 g/mol. The van der Waals surface area contributed by atoms with Crippen molar-refractivity contribution in [2.24, 2.45) is 0 Å². The summed E-state index contributed by atoms with van der Waals surface area (Å²) in [6.07, 6.45) is 3.49. The molecule has 20 heavy (non-hydrogen) atoms. The van der Waals surface area contributed by atoms with Crippen molar-refractivity contribution in [3.8, 4) is 5.75 Å². The van der Waals surface area contributed by atoms with Gasteiger partial charge in [0.05, 0.1) is 6.61 Å². The molecule has 0 aliphatic carbocycles. The van der Waals surface area contributed by atoms with E-state index in [4.69, 9.17) is 4.74 Å². The van der Waals surface area contributed by atoms with Crippen molar-refractivity contribution >= 4 is 0 Å². The number of hydrogen-bond acceptors (Lipinski definition) is 2. The highest BCUT2D eigenvalue weighted by Gasteiger charge is 2.18. The van der Waals surface area contributed by atoms with Crippen molar-refractivity contribution in [1.82, 2.24) is 5.32 Å². The number of rotatable bonds is 8. The average Bonchev–Trinajstić information content (AvgIpc) is 2.38. The molecule has 1 aromatic carbocycles. The summed E-state index contributed by atoms with van der Waals surface area (Å²) in [6, 6.07) is 6.50. The molecule has 2 nitrogen and oxygen atoms in total. The molecule has 0 spiro atoms. The Morgan fingerprint density at radius 3 is 2.50 bits per heavy atom. The third kappa shape index (κ3) is 5.96. The van der Waals surface area contributed by atoms with Crippen LogP contribution in [0.4, 0.5) is 0 Å². The Balaban J connectivity index is 2.44. The minimum atomic E-state index is 0.129. The first kappa shape index (κ1) is 17.0. The molecule has 0 atom stereocenters. The molecule has 0 amide bonds. The fourth-order valence-electron chi connectivity index (χ4n) is 2.19. The molecule has 2 heteroatoms. The predicted octanol–water partition coefficient (Wildman–Crippen LogP) is 4.45. The highest BCUT2D eigenvalue weighted by atomic mass is 16.5. The lowest BCUT2D eigenvalue weighted by molar-refractivity contribution is 0.298. The Morgan fingerprint density at radius 1 is 1.10 bits per heavy atom. The summed E-state index contributed by atoms with van der Waals surface area (Å²) in [4.78, 5) is 0. The first-order valence-corrected chi connectivity index (χ1v) is 7.90. The zero-order chi connectivity index (χ0) is 15.0. The van der Waals surface area contributed by atoms with E-state index in [2.05, 4.69) is 58.1 Å². The molecule has 1 aromatic rings. The van der Waals surface area contributed by atoms with Crippen LogP contribution < -0.4 is 10.1 Å². The second-order valence-corrected chi connectivity index (χ2v) is 6.56. The van der Waals surface area contributed by atoms with Gasteiger partial charge in [0.25, 0.3) is 0 Å². The zero-order valence-electron chi connectivity index (χ0n) is 13.9. The van der Waals surface area contributed by atoms with Crippen LogP contribution in [-0.2, 0) is 5.41 Å². The Bertz CT molecular complexity index is 393. The number of aryl methyl sites for hydroxylation is 1. The quantitative estimate of drug-likeness (QED) is 0.709. The van der Waals surface area contributed by atoms with E-state index in [1.165, 1.54) is 24.0 Å². The maximum Gasteiger partial charge on any atom is 0.123 e. The number of benzene rings is 1. The van der Waals surface area contributed by atoms with E-state index in [0.717, 1.165) is 31.9 Å². The highest BCUT2D eigenvalue weighted by Crippen LogP contribution is 2.32. The van der Waals surface area contributed by atoms with E-state index in [0.29, 0.717) is 0 Å². The number of nitrogens with one attached hydrogen (secondary N) is 1. The largest absolute Gasteiger partial charge is 0.493 e. The molecule has 114 valence electrons. The van der Waals surface area contributed by atoms with Gasteiger partial charge in [-0.3, -0.25) is 0 Å². The van der Waals surface area contributed by atoms with Crippen molar-refractivity contribution in [3.63, 3.8) is 0 Å². The van der Waals surface area contributed by atoms with E-state index in [-0.39, 0.29) is 5.41 Å². The Hall–Kier alpha value is -1.02. The van der Waals surface area contributed by atoms with Gasteiger partial charge in [-0.05, 0) is 56.3 Å². The maximum atomic E-state index is 6.00. The summed E-state index contributed by atoms with van der Waals surface area (Å²) in [5.74, 6) is 1.05. The van der Waals surface area contributed by atoms with Crippen LogP contribution in [0.15, 0.2) is 18.2 Å². The normalized spacial score (nSPS) is 11.7. The molecule has 0 radical (unpaired) electrons. The van der Waals surface area contributed by atoms with E-state index in [1.807, 2.05) is 0 Å². The highest BCUT2D eigenvalue weighted by molar-refractivity contribution is 5.41. The van der Waals surface area contributed by atoms with Gasteiger partial charge in [-0.15, -0.1) is 0 Å². The fourth-order valence-corrected chi connectivity index (χ4v) is 2.19. The standard InChI is InChI=1S/C18H31NO/c1-6-11-19-12-7-8-13-20-17-10-9-15(2)14-16(17)18(3,4)5/h9-10,14,19H,6-8,11-13H2,1-5H3. The smallest absolute Gasteiger partial charge is 0.123 e. The molecule has 0 aliphatic rings. The van der Waals surface area contributed by atoms with Crippen LogP contribution in [0, 0.1) is 6.92 Å². The monoisotopic (exact) mass is 277 g/mol. The lowest BCUT2D eigenvalue weighted by atomic mass is 9.85. The van der Waals surface area contributed by atoms with Gasteiger partial charge in [-0.25, -0.2) is 0 Å². The van der Waals surface area contributed by atoms with Crippen LogP contribution >= 0.6 is 0 Å². The molecule has 0 fully saturated rings. The molecule has 0 unspecified atom stereocenters. The molecule has 0 saturated carbocycles. The molecular formula is C18H31NO. The number of hydrogen-bond donors (Lipinski definition) is 1. The summed E-state index contributed by atoms with van der Waals surface area (Å²) < 4.78 is 6.00. The minimum absolute atomic E-state index is 0.129.